The summed E-state index contributed by atoms with van der Waals surface area (Å²) in [6.07, 6.45) is 1.42. The molecule has 17 heavy (non-hydrogen) atoms. The van der Waals surface area contributed by atoms with Gasteiger partial charge in [-0.15, -0.1) is 0 Å². The Morgan fingerprint density at radius 3 is 2.76 bits per heavy atom. The molecule has 1 heterocycles. The zero-order valence-corrected chi connectivity index (χ0v) is 10.8. The van der Waals surface area contributed by atoms with Crippen molar-refractivity contribution in [1.82, 2.24) is 14.9 Å². The molecule has 1 unspecified atom stereocenters. The van der Waals surface area contributed by atoms with Gasteiger partial charge in [-0.3, -0.25) is 0 Å². The Morgan fingerprint density at radius 2 is 2.18 bits per heavy atom. The Hall–Kier alpha value is -1.40. The Labute approximate surface area is 102 Å². The Bertz CT molecular complexity index is 355. The third-order valence-corrected chi connectivity index (χ3v) is 2.16. The minimum Gasteiger partial charge on any atom is -0.481 e. The number of aromatic nitrogens is 2. The van der Waals surface area contributed by atoms with Gasteiger partial charge in [0.05, 0.1) is 12.7 Å². The molecule has 0 aromatic carbocycles. The van der Waals surface area contributed by atoms with Crippen LogP contribution in [-0.4, -0.2) is 59.9 Å². The number of nitrogens with one attached hydrogen (secondary N) is 1. The summed E-state index contributed by atoms with van der Waals surface area (Å²) in [4.78, 5) is 9.88. The quantitative estimate of drug-likeness (QED) is 0.740. The van der Waals surface area contributed by atoms with Crippen LogP contribution >= 0.6 is 0 Å². The molecule has 0 saturated heterocycles. The van der Waals surface area contributed by atoms with Crippen LogP contribution in [0.25, 0.3) is 0 Å². The SMILES string of the molecule is COc1cc(NCC(C)(O)CN(C)C)ncn1. The van der Waals surface area contributed by atoms with Crippen molar-refractivity contribution in [2.45, 2.75) is 12.5 Å². The van der Waals surface area contributed by atoms with Crippen molar-refractivity contribution in [1.29, 1.82) is 0 Å². The predicted molar refractivity (Wildman–Crippen MR) is 66.3 cm³/mol. The summed E-state index contributed by atoms with van der Waals surface area (Å²) < 4.78 is 4.99. The van der Waals surface area contributed by atoms with Gasteiger partial charge in [0.2, 0.25) is 5.88 Å². The first kappa shape index (κ1) is 13.7. The number of likely N-dealkylation sites (N-methyl/N-ethyl adjacent to an activating group) is 1. The molecule has 0 spiro atoms. The van der Waals surface area contributed by atoms with Gasteiger partial charge in [-0.1, -0.05) is 0 Å². The minimum absolute atomic E-state index is 0.408. The van der Waals surface area contributed by atoms with E-state index in [1.807, 2.05) is 19.0 Å². The summed E-state index contributed by atoms with van der Waals surface area (Å²) in [6.45, 7) is 2.76. The van der Waals surface area contributed by atoms with Gasteiger partial charge in [0.15, 0.2) is 0 Å². The topological polar surface area (TPSA) is 70.5 Å². The number of nitrogens with zero attached hydrogens (tertiary/aromatic N) is 3. The zero-order valence-electron chi connectivity index (χ0n) is 10.8. The van der Waals surface area contributed by atoms with Crippen LogP contribution in [0.15, 0.2) is 12.4 Å². The molecule has 0 fully saturated rings. The summed E-state index contributed by atoms with van der Waals surface area (Å²) in [5, 5.41) is 13.2. The second kappa shape index (κ2) is 5.79. The smallest absolute Gasteiger partial charge is 0.218 e. The number of hydrogen-bond donors (Lipinski definition) is 2. The van der Waals surface area contributed by atoms with Gasteiger partial charge in [0.25, 0.3) is 0 Å². The molecule has 0 aliphatic heterocycles. The average Bonchev–Trinajstić information content (AvgIpc) is 2.25. The van der Waals surface area contributed by atoms with Gasteiger partial charge in [0, 0.05) is 19.2 Å². The molecule has 1 atom stereocenters. The Morgan fingerprint density at radius 1 is 1.47 bits per heavy atom. The van der Waals surface area contributed by atoms with Crippen LogP contribution in [0, 0.1) is 0 Å². The fourth-order valence-electron chi connectivity index (χ4n) is 1.57. The van der Waals surface area contributed by atoms with Crippen LogP contribution in [0.1, 0.15) is 6.92 Å². The first-order chi connectivity index (χ1) is 7.93. The van der Waals surface area contributed by atoms with Crippen molar-refractivity contribution >= 4 is 5.82 Å². The van der Waals surface area contributed by atoms with E-state index in [-0.39, 0.29) is 0 Å². The average molecular weight is 240 g/mol. The van der Waals surface area contributed by atoms with Crippen molar-refractivity contribution in [2.75, 3.05) is 39.6 Å². The summed E-state index contributed by atoms with van der Waals surface area (Å²) >= 11 is 0. The standard InChI is InChI=1S/C11H20N4O2/c1-11(16,7-15(2)3)6-12-9-5-10(17-4)14-8-13-9/h5,8,16H,6-7H2,1-4H3,(H,12,13,14). The fraction of sp³-hybridized carbons (Fsp3) is 0.636. The zero-order chi connectivity index (χ0) is 12.9. The highest BCUT2D eigenvalue weighted by Crippen LogP contribution is 2.12. The molecule has 1 aromatic heterocycles. The second-order valence-electron chi connectivity index (χ2n) is 4.53. The van der Waals surface area contributed by atoms with Crippen LogP contribution in [0.5, 0.6) is 5.88 Å². The molecule has 0 bridgehead atoms. The Kier molecular flexibility index (Phi) is 4.65. The molecule has 0 saturated carbocycles. The third kappa shape index (κ3) is 4.97. The highest BCUT2D eigenvalue weighted by Gasteiger charge is 2.21. The summed E-state index contributed by atoms with van der Waals surface area (Å²) in [7, 11) is 5.39. The summed E-state index contributed by atoms with van der Waals surface area (Å²) in [6, 6.07) is 1.69. The van der Waals surface area contributed by atoms with Crippen molar-refractivity contribution < 1.29 is 9.84 Å². The number of methoxy groups -OCH3 is 1. The van der Waals surface area contributed by atoms with E-state index in [1.54, 1.807) is 20.1 Å². The van der Waals surface area contributed by atoms with Gasteiger partial charge < -0.3 is 20.1 Å². The first-order valence-corrected chi connectivity index (χ1v) is 5.40. The van der Waals surface area contributed by atoms with E-state index < -0.39 is 5.60 Å². The van der Waals surface area contributed by atoms with Gasteiger partial charge in [-0.05, 0) is 21.0 Å². The monoisotopic (exact) mass is 240 g/mol. The molecule has 0 aliphatic rings. The van der Waals surface area contributed by atoms with Gasteiger partial charge >= 0.3 is 0 Å². The molecular formula is C11H20N4O2. The van der Waals surface area contributed by atoms with E-state index in [2.05, 4.69) is 15.3 Å². The van der Waals surface area contributed by atoms with E-state index in [4.69, 9.17) is 4.74 Å². The van der Waals surface area contributed by atoms with Gasteiger partial charge in [-0.25, -0.2) is 9.97 Å². The van der Waals surface area contributed by atoms with Crippen molar-refractivity contribution in [3.63, 3.8) is 0 Å². The predicted octanol–water partition coefficient (Wildman–Crippen LogP) is 0.210. The van der Waals surface area contributed by atoms with Crippen LogP contribution in [0.3, 0.4) is 0 Å². The van der Waals surface area contributed by atoms with Crippen molar-refractivity contribution in [3.8, 4) is 5.88 Å². The highest BCUT2D eigenvalue weighted by molar-refractivity contribution is 5.37. The minimum atomic E-state index is -0.818. The lowest BCUT2D eigenvalue weighted by molar-refractivity contribution is 0.0459. The number of aliphatic hydroxyl groups is 1. The van der Waals surface area contributed by atoms with E-state index in [9.17, 15) is 5.11 Å². The largest absolute Gasteiger partial charge is 0.481 e. The number of anilines is 1. The van der Waals surface area contributed by atoms with Crippen LogP contribution < -0.4 is 10.1 Å². The lowest BCUT2D eigenvalue weighted by Gasteiger charge is -2.27. The van der Waals surface area contributed by atoms with Gasteiger partial charge in [0.1, 0.15) is 12.1 Å². The van der Waals surface area contributed by atoms with Gasteiger partial charge in [-0.2, -0.15) is 0 Å². The van der Waals surface area contributed by atoms with Crippen LogP contribution in [0.4, 0.5) is 5.82 Å². The molecule has 1 rings (SSSR count). The second-order valence-corrected chi connectivity index (χ2v) is 4.53. The fourth-order valence-corrected chi connectivity index (χ4v) is 1.57. The molecule has 0 aliphatic carbocycles. The molecule has 0 amide bonds. The molecule has 6 heteroatoms. The Balaban J connectivity index is 2.54. The summed E-state index contributed by atoms with van der Waals surface area (Å²) in [5.41, 5.74) is -0.818. The maximum Gasteiger partial charge on any atom is 0.218 e. The maximum atomic E-state index is 10.1. The van der Waals surface area contributed by atoms with E-state index in [1.165, 1.54) is 6.33 Å². The third-order valence-electron chi connectivity index (χ3n) is 2.16. The molecule has 2 N–H and O–H groups in total. The molecule has 0 radical (unpaired) electrons. The normalized spacial score (nSPS) is 14.5. The molecule has 96 valence electrons. The lowest BCUT2D eigenvalue weighted by atomic mass is 10.1. The molecule has 1 aromatic rings. The molecular weight excluding hydrogens is 220 g/mol. The lowest BCUT2D eigenvalue weighted by Crippen LogP contribution is -2.43. The summed E-state index contributed by atoms with van der Waals surface area (Å²) in [5.74, 6) is 1.13. The first-order valence-electron chi connectivity index (χ1n) is 5.40. The number of ether oxygens (including phenoxy) is 1. The van der Waals surface area contributed by atoms with Crippen LogP contribution in [0.2, 0.25) is 0 Å². The number of rotatable bonds is 6. The molecule has 6 nitrogen and oxygen atoms in total. The number of hydrogen-bond acceptors (Lipinski definition) is 6. The van der Waals surface area contributed by atoms with Crippen LogP contribution in [-0.2, 0) is 0 Å². The van der Waals surface area contributed by atoms with E-state index >= 15 is 0 Å². The van der Waals surface area contributed by atoms with E-state index in [0.717, 1.165) is 0 Å². The van der Waals surface area contributed by atoms with Crippen molar-refractivity contribution in [2.24, 2.45) is 0 Å². The maximum absolute atomic E-state index is 10.1. The highest BCUT2D eigenvalue weighted by atomic mass is 16.5. The van der Waals surface area contributed by atoms with Crippen molar-refractivity contribution in [3.05, 3.63) is 12.4 Å². The van der Waals surface area contributed by atoms with E-state index in [0.29, 0.717) is 24.8 Å².